The molecule has 40 heavy (non-hydrogen) atoms. The van der Waals surface area contributed by atoms with Gasteiger partial charge in [0.15, 0.2) is 5.82 Å². The molecule has 0 N–H and O–H groups in total. The van der Waals surface area contributed by atoms with E-state index >= 15 is 0 Å². The lowest BCUT2D eigenvalue weighted by Gasteiger charge is -2.33. The number of ether oxygens (including phenoxy) is 1. The Bertz CT molecular complexity index is 1410. The summed E-state index contributed by atoms with van der Waals surface area (Å²) in [5.41, 5.74) is 4.91. The van der Waals surface area contributed by atoms with E-state index in [1.54, 1.807) is 30.1 Å². The first-order valence-corrected chi connectivity index (χ1v) is 14.1. The summed E-state index contributed by atoms with van der Waals surface area (Å²) in [5, 5.41) is 9.41. The van der Waals surface area contributed by atoms with Crippen LogP contribution in [-0.2, 0) is 40.3 Å². The number of nitrogens with zero attached hydrogens (tertiary/aromatic N) is 6. The molecule has 3 aromatic rings. The van der Waals surface area contributed by atoms with Crippen molar-refractivity contribution in [3.05, 3.63) is 46.9 Å². The lowest BCUT2D eigenvalue weighted by molar-refractivity contribution is -0.129. The van der Waals surface area contributed by atoms with Gasteiger partial charge in [0.25, 0.3) is 6.43 Å². The van der Waals surface area contributed by atoms with Crippen molar-refractivity contribution < 1.29 is 23.1 Å². The average Bonchev–Trinajstić information content (AvgIpc) is 3.60. The van der Waals surface area contributed by atoms with Crippen molar-refractivity contribution in [3.8, 4) is 11.1 Å². The molecule has 2 aromatic heterocycles. The summed E-state index contributed by atoms with van der Waals surface area (Å²) in [6, 6.07) is 3.70. The Labute approximate surface area is 231 Å². The van der Waals surface area contributed by atoms with E-state index in [1.807, 2.05) is 11.0 Å². The highest BCUT2D eigenvalue weighted by Crippen LogP contribution is 2.43. The molecule has 1 aromatic carbocycles. The Balaban J connectivity index is 1.43. The van der Waals surface area contributed by atoms with Gasteiger partial charge in [0.1, 0.15) is 6.29 Å². The fourth-order valence-electron chi connectivity index (χ4n) is 6.25. The van der Waals surface area contributed by atoms with Gasteiger partial charge in [-0.1, -0.05) is 0 Å². The first kappa shape index (κ1) is 26.6. The lowest BCUT2D eigenvalue weighted by atomic mass is 9.92. The molecule has 1 amide bonds. The van der Waals surface area contributed by atoms with Crippen molar-refractivity contribution in [2.24, 2.45) is 0 Å². The summed E-state index contributed by atoms with van der Waals surface area (Å²) in [6.45, 7) is 5.14. The first-order chi connectivity index (χ1) is 19.4. The van der Waals surface area contributed by atoms with Gasteiger partial charge in [-0.05, 0) is 48.9 Å². The molecule has 0 aliphatic carbocycles. The maximum Gasteiger partial charge on any atom is 0.264 e. The molecular weight excluding hydrogens is 518 g/mol. The van der Waals surface area contributed by atoms with Crippen LogP contribution in [0.15, 0.2) is 24.5 Å². The summed E-state index contributed by atoms with van der Waals surface area (Å²) in [5.74, 6) is 0.788. The summed E-state index contributed by atoms with van der Waals surface area (Å²) in [7, 11) is 0. The minimum absolute atomic E-state index is 0.0211. The number of rotatable bonds is 7. The molecule has 0 saturated carbocycles. The van der Waals surface area contributed by atoms with E-state index in [0.717, 1.165) is 66.7 Å². The maximum atomic E-state index is 14.5. The van der Waals surface area contributed by atoms with Crippen LogP contribution in [0.3, 0.4) is 0 Å². The zero-order valence-electron chi connectivity index (χ0n) is 22.7. The number of aldehydes is 1. The summed E-state index contributed by atoms with van der Waals surface area (Å²) < 4.78 is 38.4. The number of aryl methyl sites for hydroxylation is 2. The Kier molecular flexibility index (Phi) is 7.39. The fraction of sp³-hybridized carbons (Fsp3) is 0.517. The van der Waals surface area contributed by atoms with Crippen LogP contribution >= 0.6 is 0 Å². The van der Waals surface area contributed by atoms with Crippen molar-refractivity contribution >= 4 is 23.7 Å². The summed E-state index contributed by atoms with van der Waals surface area (Å²) >= 11 is 0. The van der Waals surface area contributed by atoms with Crippen LogP contribution in [-0.4, -0.2) is 63.0 Å². The van der Waals surface area contributed by atoms with Gasteiger partial charge in [-0.2, -0.15) is 10.2 Å². The van der Waals surface area contributed by atoms with Crippen LogP contribution in [0.4, 0.5) is 20.3 Å². The number of aromatic nitrogens is 4. The minimum Gasteiger partial charge on any atom is -0.381 e. The highest BCUT2D eigenvalue weighted by atomic mass is 19.3. The number of alkyl halides is 2. The third-order valence-electron chi connectivity index (χ3n) is 8.33. The molecule has 3 aliphatic rings. The van der Waals surface area contributed by atoms with Gasteiger partial charge in [0.2, 0.25) is 5.91 Å². The van der Waals surface area contributed by atoms with Crippen molar-refractivity contribution in [2.45, 2.75) is 71.0 Å². The summed E-state index contributed by atoms with van der Waals surface area (Å²) in [4.78, 5) is 27.0. The van der Waals surface area contributed by atoms with E-state index in [4.69, 9.17) is 9.84 Å². The molecule has 6 rings (SSSR count). The monoisotopic (exact) mass is 552 g/mol. The second kappa shape index (κ2) is 11.1. The number of carbonyl (C=O) groups excluding carboxylic acids is 2. The Morgan fingerprint density at radius 1 is 1.20 bits per heavy atom. The van der Waals surface area contributed by atoms with Crippen LogP contribution in [0.2, 0.25) is 0 Å². The third-order valence-corrected chi connectivity index (χ3v) is 8.33. The molecule has 1 fully saturated rings. The predicted octanol–water partition coefficient (Wildman–Crippen LogP) is 4.61. The van der Waals surface area contributed by atoms with Crippen LogP contribution in [0, 0.1) is 0 Å². The van der Waals surface area contributed by atoms with Gasteiger partial charge in [-0.15, -0.1) is 0 Å². The molecule has 0 unspecified atom stereocenters. The predicted molar refractivity (Wildman–Crippen MR) is 145 cm³/mol. The van der Waals surface area contributed by atoms with Gasteiger partial charge in [0, 0.05) is 86.9 Å². The normalized spacial score (nSPS) is 17.7. The number of fused-ring (bicyclic) bond motifs is 2. The van der Waals surface area contributed by atoms with E-state index in [0.29, 0.717) is 56.9 Å². The Morgan fingerprint density at radius 3 is 2.77 bits per heavy atom. The van der Waals surface area contributed by atoms with Crippen molar-refractivity contribution in [3.63, 3.8) is 0 Å². The van der Waals surface area contributed by atoms with Crippen LogP contribution in [0.5, 0.6) is 0 Å². The van der Waals surface area contributed by atoms with Gasteiger partial charge in [-0.3, -0.25) is 14.2 Å². The number of benzene rings is 1. The van der Waals surface area contributed by atoms with Gasteiger partial charge < -0.3 is 19.3 Å². The van der Waals surface area contributed by atoms with E-state index in [1.165, 1.54) is 0 Å². The van der Waals surface area contributed by atoms with Crippen LogP contribution in [0.25, 0.3) is 11.1 Å². The fourth-order valence-corrected chi connectivity index (χ4v) is 6.25. The highest BCUT2D eigenvalue weighted by molar-refractivity contribution is 5.78. The van der Waals surface area contributed by atoms with E-state index in [-0.39, 0.29) is 17.5 Å². The number of amides is 1. The van der Waals surface area contributed by atoms with Crippen molar-refractivity contribution in [1.29, 1.82) is 0 Å². The van der Waals surface area contributed by atoms with Crippen molar-refractivity contribution in [2.75, 3.05) is 31.2 Å². The number of anilines is 2. The maximum absolute atomic E-state index is 14.5. The number of carbonyl (C=O) groups is 2. The quantitative estimate of drug-likeness (QED) is 0.398. The molecule has 1 saturated heterocycles. The highest BCUT2D eigenvalue weighted by Gasteiger charge is 2.34. The third kappa shape index (κ3) is 4.91. The summed E-state index contributed by atoms with van der Waals surface area (Å²) in [6.07, 6.45) is 5.85. The largest absolute Gasteiger partial charge is 0.381 e. The molecule has 0 atom stereocenters. The minimum atomic E-state index is -2.68. The van der Waals surface area contributed by atoms with Crippen LogP contribution in [0.1, 0.15) is 67.5 Å². The zero-order valence-corrected chi connectivity index (χ0v) is 22.7. The molecule has 5 heterocycles. The van der Waals surface area contributed by atoms with E-state index < -0.39 is 6.43 Å². The smallest absolute Gasteiger partial charge is 0.264 e. The molecule has 0 radical (unpaired) electrons. The zero-order chi connectivity index (χ0) is 27.8. The Morgan fingerprint density at radius 2 is 2.02 bits per heavy atom. The second-order valence-electron chi connectivity index (χ2n) is 10.8. The van der Waals surface area contributed by atoms with Crippen molar-refractivity contribution in [1.82, 2.24) is 24.5 Å². The molecule has 212 valence electrons. The molecule has 0 spiro atoms. The van der Waals surface area contributed by atoms with Gasteiger partial charge >= 0.3 is 0 Å². The SMILES string of the molecule is CC(=O)N1CCc2c(c(N3CCCc4cc(-c5cnn(CCC=O)c5)c(C(F)F)cc43)nn2C2CCOCC2)C1. The average molecular weight is 553 g/mol. The van der Waals surface area contributed by atoms with Crippen LogP contribution < -0.4 is 4.90 Å². The number of halogens is 2. The molecule has 9 nitrogen and oxygen atoms in total. The van der Waals surface area contributed by atoms with Gasteiger partial charge in [0.05, 0.1) is 18.8 Å². The molecular formula is C29H34F2N6O3. The lowest BCUT2D eigenvalue weighted by Crippen LogP contribution is -2.36. The first-order valence-electron chi connectivity index (χ1n) is 14.1. The number of hydrogen-bond acceptors (Lipinski definition) is 6. The van der Waals surface area contributed by atoms with E-state index in [2.05, 4.69) is 14.7 Å². The van der Waals surface area contributed by atoms with E-state index in [9.17, 15) is 18.4 Å². The Hall–Kier alpha value is -3.60. The molecule has 11 heteroatoms. The topological polar surface area (TPSA) is 85.5 Å². The number of hydrogen-bond donors (Lipinski definition) is 0. The molecule has 0 bridgehead atoms. The molecule has 3 aliphatic heterocycles. The standard InChI is InChI=1S/C29H34F2N6O3/c1-19(39)34-10-5-26-25(18-34)29(33-37(26)22-6-12-40-13-7-22)36-9-2-4-20-14-23(24(28(30)31)15-27(20)36)21-16-32-35(17-21)8-3-11-38/h11,14-17,22,28H,2-10,12-13,18H2,1H3. The second-order valence-corrected chi connectivity index (χ2v) is 10.8. The van der Waals surface area contributed by atoms with Gasteiger partial charge in [-0.25, -0.2) is 8.78 Å².